The van der Waals surface area contributed by atoms with E-state index in [0.29, 0.717) is 0 Å². The number of aryl methyl sites for hydroxylation is 3. The lowest BCUT2D eigenvalue weighted by molar-refractivity contribution is 0.625. The molecule has 4 nitrogen and oxygen atoms in total. The Labute approximate surface area is 105 Å². The molecule has 3 N–H and O–H groups in total. The van der Waals surface area contributed by atoms with E-state index in [-0.39, 0.29) is 6.04 Å². The van der Waals surface area contributed by atoms with E-state index in [2.05, 4.69) is 34.0 Å². The van der Waals surface area contributed by atoms with Crippen molar-refractivity contribution in [2.24, 2.45) is 5.84 Å². The number of rotatable bonds is 3. The second kappa shape index (κ2) is 4.91. The maximum Gasteiger partial charge on any atom is 0.0739 e. The zero-order valence-electron chi connectivity index (χ0n) is 10.2. The molecule has 0 aliphatic rings. The van der Waals surface area contributed by atoms with Crippen LogP contribution in [-0.4, -0.2) is 10.2 Å². The second-order valence-corrected chi connectivity index (χ2v) is 5.18. The van der Waals surface area contributed by atoms with Gasteiger partial charge in [0, 0.05) is 4.88 Å². The summed E-state index contributed by atoms with van der Waals surface area (Å²) in [6, 6.07) is 4.11. The minimum Gasteiger partial charge on any atom is -0.271 e. The molecule has 0 radical (unpaired) electrons. The Morgan fingerprint density at radius 2 is 2.00 bits per heavy atom. The first-order chi connectivity index (χ1) is 8.13. The standard InChI is InChI=1S/C12H16N4S/c1-7-6-11(8(2)16-15-7)12(14-13)10-4-5-17-9(10)3/h4-6,12,14H,13H2,1-3H3. The summed E-state index contributed by atoms with van der Waals surface area (Å²) in [5.74, 6) is 5.69. The first-order valence-electron chi connectivity index (χ1n) is 5.44. The fraction of sp³-hybridized carbons (Fsp3) is 0.333. The van der Waals surface area contributed by atoms with Gasteiger partial charge in [0.1, 0.15) is 0 Å². The monoisotopic (exact) mass is 248 g/mol. The van der Waals surface area contributed by atoms with Crippen LogP contribution in [0.25, 0.3) is 0 Å². The first-order valence-corrected chi connectivity index (χ1v) is 6.32. The number of hydrazine groups is 1. The number of aromatic nitrogens is 2. The lowest BCUT2D eigenvalue weighted by Crippen LogP contribution is -2.30. The highest BCUT2D eigenvalue weighted by molar-refractivity contribution is 7.10. The van der Waals surface area contributed by atoms with Gasteiger partial charge in [-0.25, -0.2) is 5.43 Å². The highest BCUT2D eigenvalue weighted by atomic mass is 32.1. The highest BCUT2D eigenvalue weighted by Crippen LogP contribution is 2.28. The molecular weight excluding hydrogens is 232 g/mol. The van der Waals surface area contributed by atoms with E-state index >= 15 is 0 Å². The molecule has 0 fully saturated rings. The quantitative estimate of drug-likeness (QED) is 0.644. The number of nitrogens with one attached hydrogen (secondary N) is 1. The van der Waals surface area contributed by atoms with Gasteiger partial charge < -0.3 is 0 Å². The molecule has 90 valence electrons. The molecule has 0 saturated carbocycles. The zero-order valence-corrected chi connectivity index (χ0v) is 11.0. The van der Waals surface area contributed by atoms with Crippen LogP contribution in [0, 0.1) is 20.8 Å². The fourth-order valence-corrected chi connectivity index (χ4v) is 2.64. The molecule has 0 saturated heterocycles. The number of nitrogens with zero attached hydrogens (tertiary/aromatic N) is 2. The van der Waals surface area contributed by atoms with Crippen LogP contribution in [0.2, 0.25) is 0 Å². The van der Waals surface area contributed by atoms with Crippen LogP contribution in [0.5, 0.6) is 0 Å². The van der Waals surface area contributed by atoms with Crippen LogP contribution in [-0.2, 0) is 0 Å². The number of thiophene rings is 1. The SMILES string of the molecule is Cc1cc(C(NN)c2ccsc2C)c(C)nn1. The van der Waals surface area contributed by atoms with Crippen LogP contribution in [0.4, 0.5) is 0 Å². The molecule has 2 rings (SSSR count). The Morgan fingerprint density at radius 3 is 2.59 bits per heavy atom. The Morgan fingerprint density at radius 1 is 1.24 bits per heavy atom. The molecule has 1 atom stereocenters. The van der Waals surface area contributed by atoms with Crippen molar-refractivity contribution in [3.63, 3.8) is 0 Å². The van der Waals surface area contributed by atoms with E-state index in [1.54, 1.807) is 11.3 Å². The molecule has 2 heterocycles. The molecule has 2 aromatic heterocycles. The normalized spacial score (nSPS) is 12.7. The van der Waals surface area contributed by atoms with Crippen LogP contribution in [0.15, 0.2) is 17.5 Å². The van der Waals surface area contributed by atoms with Gasteiger partial charge in [-0.1, -0.05) is 0 Å². The lowest BCUT2D eigenvalue weighted by Gasteiger charge is -2.18. The van der Waals surface area contributed by atoms with Crippen molar-refractivity contribution < 1.29 is 0 Å². The maximum atomic E-state index is 5.69. The summed E-state index contributed by atoms with van der Waals surface area (Å²) in [7, 11) is 0. The fourth-order valence-electron chi connectivity index (χ4n) is 1.90. The van der Waals surface area contributed by atoms with Gasteiger partial charge in [0.05, 0.1) is 17.4 Å². The van der Waals surface area contributed by atoms with Crippen LogP contribution in [0.3, 0.4) is 0 Å². The summed E-state index contributed by atoms with van der Waals surface area (Å²) in [5.41, 5.74) is 6.96. The molecule has 5 heteroatoms. The van der Waals surface area contributed by atoms with Crippen molar-refractivity contribution >= 4 is 11.3 Å². The topological polar surface area (TPSA) is 63.8 Å². The van der Waals surface area contributed by atoms with E-state index in [1.807, 2.05) is 19.9 Å². The Kier molecular flexibility index (Phi) is 3.51. The third-order valence-corrected chi connectivity index (χ3v) is 3.69. The van der Waals surface area contributed by atoms with Gasteiger partial charge in [-0.05, 0) is 49.4 Å². The molecule has 2 aromatic rings. The average Bonchev–Trinajstić information content (AvgIpc) is 2.71. The van der Waals surface area contributed by atoms with E-state index in [9.17, 15) is 0 Å². The molecule has 0 amide bonds. The van der Waals surface area contributed by atoms with Gasteiger partial charge in [-0.3, -0.25) is 5.84 Å². The van der Waals surface area contributed by atoms with E-state index in [0.717, 1.165) is 17.0 Å². The van der Waals surface area contributed by atoms with Gasteiger partial charge >= 0.3 is 0 Å². The molecular formula is C12H16N4S. The van der Waals surface area contributed by atoms with Crippen molar-refractivity contribution in [1.29, 1.82) is 0 Å². The summed E-state index contributed by atoms with van der Waals surface area (Å²) in [6.07, 6.45) is 0. The number of nitrogens with two attached hydrogens (primary N) is 1. The molecule has 0 bridgehead atoms. The Balaban J connectivity index is 2.49. The molecule has 0 aromatic carbocycles. The summed E-state index contributed by atoms with van der Waals surface area (Å²) < 4.78 is 0. The van der Waals surface area contributed by atoms with E-state index < -0.39 is 0 Å². The van der Waals surface area contributed by atoms with Gasteiger partial charge in [0.25, 0.3) is 0 Å². The van der Waals surface area contributed by atoms with Crippen LogP contribution >= 0.6 is 11.3 Å². The summed E-state index contributed by atoms with van der Waals surface area (Å²) in [5, 5.41) is 10.3. The number of hydrogen-bond donors (Lipinski definition) is 2. The first kappa shape index (κ1) is 12.2. The molecule has 0 spiro atoms. The predicted octanol–water partition coefficient (Wildman–Crippen LogP) is 2.02. The smallest absolute Gasteiger partial charge is 0.0739 e. The van der Waals surface area contributed by atoms with E-state index in [1.165, 1.54) is 10.4 Å². The lowest BCUT2D eigenvalue weighted by atomic mass is 9.99. The third kappa shape index (κ3) is 2.36. The predicted molar refractivity (Wildman–Crippen MR) is 69.7 cm³/mol. The molecule has 17 heavy (non-hydrogen) atoms. The number of hydrogen-bond acceptors (Lipinski definition) is 5. The highest BCUT2D eigenvalue weighted by Gasteiger charge is 2.18. The van der Waals surface area contributed by atoms with Crippen molar-refractivity contribution in [3.8, 4) is 0 Å². The zero-order chi connectivity index (χ0) is 12.4. The van der Waals surface area contributed by atoms with Crippen LogP contribution in [0.1, 0.15) is 33.4 Å². The average molecular weight is 248 g/mol. The van der Waals surface area contributed by atoms with E-state index in [4.69, 9.17) is 5.84 Å². The third-order valence-electron chi connectivity index (χ3n) is 2.83. The Bertz CT molecular complexity index is 521. The maximum absolute atomic E-state index is 5.69. The molecule has 0 aliphatic heterocycles. The summed E-state index contributed by atoms with van der Waals surface area (Å²) >= 11 is 1.72. The molecule has 0 aliphatic carbocycles. The largest absolute Gasteiger partial charge is 0.271 e. The van der Waals surface area contributed by atoms with Crippen molar-refractivity contribution in [2.75, 3.05) is 0 Å². The summed E-state index contributed by atoms with van der Waals surface area (Å²) in [4.78, 5) is 1.27. The van der Waals surface area contributed by atoms with Crippen molar-refractivity contribution in [1.82, 2.24) is 15.6 Å². The van der Waals surface area contributed by atoms with Gasteiger partial charge in [0.2, 0.25) is 0 Å². The summed E-state index contributed by atoms with van der Waals surface area (Å²) in [6.45, 7) is 5.99. The van der Waals surface area contributed by atoms with Crippen molar-refractivity contribution in [2.45, 2.75) is 26.8 Å². The van der Waals surface area contributed by atoms with Gasteiger partial charge in [-0.2, -0.15) is 10.2 Å². The Hall–Kier alpha value is -1.30. The minimum absolute atomic E-state index is 0.0181. The van der Waals surface area contributed by atoms with Crippen molar-refractivity contribution in [3.05, 3.63) is 44.9 Å². The second-order valence-electron chi connectivity index (χ2n) is 4.06. The van der Waals surface area contributed by atoms with Gasteiger partial charge in [0.15, 0.2) is 0 Å². The van der Waals surface area contributed by atoms with Crippen LogP contribution < -0.4 is 11.3 Å². The molecule has 1 unspecified atom stereocenters. The minimum atomic E-state index is -0.0181. The van der Waals surface area contributed by atoms with Gasteiger partial charge in [-0.15, -0.1) is 11.3 Å².